The van der Waals surface area contributed by atoms with Crippen LogP contribution in [0.3, 0.4) is 0 Å². The number of aromatic nitrogens is 3. The number of aromatic amines is 1. The van der Waals surface area contributed by atoms with Crippen LogP contribution in [-0.4, -0.2) is 84.8 Å². The number of benzene rings is 1. The zero-order valence-corrected chi connectivity index (χ0v) is 22.5. The summed E-state index contributed by atoms with van der Waals surface area (Å²) in [5.41, 5.74) is -2.21. The molecule has 0 bridgehead atoms. The molecule has 218 valence electrons. The molecule has 2 aromatic heterocycles. The fourth-order valence-electron chi connectivity index (χ4n) is 4.82. The minimum atomic E-state index is -4.94. The summed E-state index contributed by atoms with van der Waals surface area (Å²) in [5.74, 6) is -0.991. The second kappa shape index (κ2) is 11.4. The first kappa shape index (κ1) is 28.5. The largest absolute Gasteiger partial charge is 0.421 e. The molecule has 5 rings (SSSR count). The summed E-state index contributed by atoms with van der Waals surface area (Å²) in [6.07, 6.45) is -1.07. The summed E-state index contributed by atoms with van der Waals surface area (Å²) < 4.78 is 60.8. The maximum absolute atomic E-state index is 15.6. The van der Waals surface area contributed by atoms with Gasteiger partial charge in [-0.2, -0.15) is 13.2 Å². The van der Waals surface area contributed by atoms with Crippen LogP contribution in [0.2, 0.25) is 0 Å². The number of hydrogen-bond donors (Lipinski definition) is 2. The van der Waals surface area contributed by atoms with Crippen LogP contribution in [-0.2, 0) is 10.9 Å². The number of morpholine rings is 1. The lowest BCUT2D eigenvalue weighted by Crippen LogP contribution is -2.50. The third-order valence-corrected chi connectivity index (χ3v) is 7.35. The molecule has 1 atom stereocenters. The highest BCUT2D eigenvalue weighted by Crippen LogP contribution is 2.36. The lowest BCUT2D eigenvalue weighted by molar-refractivity contribution is -0.138. The van der Waals surface area contributed by atoms with Gasteiger partial charge in [0, 0.05) is 68.5 Å². The molecule has 0 unspecified atom stereocenters. The average molecular weight is 576 g/mol. The third kappa shape index (κ3) is 6.17. The number of likely N-dealkylation sites (N-methyl/N-ethyl adjacent to an activating group) is 1. The van der Waals surface area contributed by atoms with Crippen molar-refractivity contribution in [2.24, 2.45) is 0 Å². The number of amides is 1. The van der Waals surface area contributed by atoms with Gasteiger partial charge in [0.05, 0.1) is 30.2 Å². The Hall–Kier alpha value is -4.04. The Morgan fingerprint density at radius 2 is 1.78 bits per heavy atom. The van der Waals surface area contributed by atoms with E-state index >= 15 is 4.39 Å². The van der Waals surface area contributed by atoms with Crippen LogP contribution in [0.25, 0.3) is 11.1 Å². The highest BCUT2D eigenvalue weighted by molar-refractivity contribution is 6.06. The van der Waals surface area contributed by atoms with Gasteiger partial charge >= 0.3 is 6.18 Å². The molecule has 2 fully saturated rings. The normalized spacial score (nSPS) is 18.4. The Morgan fingerprint density at radius 3 is 2.44 bits per heavy atom. The second-order valence-electron chi connectivity index (χ2n) is 10.1. The van der Waals surface area contributed by atoms with E-state index in [-0.39, 0.29) is 17.3 Å². The number of rotatable bonds is 5. The van der Waals surface area contributed by atoms with E-state index in [1.54, 1.807) is 0 Å². The maximum atomic E-state index is 15.6. The van der Waals surface area contributed by atoms with Gasteiger partial charge in [0.1, 0.15) is 11.4 Å². The summed E-state index contributed by atoms with van der Waals surface area (Å²) in [6, 6.07) is 3.35. The van der Waals surface area contributed by atoms with Crippen molar-refractivity contribution in [3.05, 3.63) is 64.1 Å². The molecular formula is C27H29F4N7O3. The SMILES string of the molecule is C[C@H]1CN(c2cc(F)c(-c3cnc(N4CCOCC4)nc3)cc2NC(=O)c2c[nH]c(=O)c(C(F)(F)F)c2)CCN1C. The van der Waals surface area contributed by atoms with Crippen molar-refractivity contribution < 1.29 is 27.1 Å². The lowest BCUT2D eigenvalue weighted by Gasteiger charge is -2.39. The number of piperazine rings is 1. The molecule has 0 saturated carbocycles. The Morgan fingerprint density at radius 1 is 1.07 bits per heavy atom. The molecule has 4 heterocycles. The Kier molecular flexibility index (Phi) is 7.95. The number of carbonyl (C=O) groups is 1. The van der Waals surface area contributed by atoms with Crippen LogP contribution in [0.4, 0.5) is 34.9 Å². The van der Waals surface area contributed by atoms with Crippen LogP contribution in [0.5, 0.6) is 0 Å². The minimum Gasteiger partial charge on any atom is -0.378 e. The lowest BCUT2D eigenvalue weighted by atomic mass is 10.0. The molecule has 2 aliphatic heterocycles. The van der Waals surface area contributed by atoms with Crippen molar-refractivity contribution in [1.82, 2.24) is 19.9 Å². The van der Waals surface area contributed by atoms with Gasteiger partial charge in [-0.3, -0.25) is 9.59 Å². The van der Waals surface area contributed by atoms with Gasteiger partial charge in [-0.1, -0.05) is 0 Å². The van der Waals surface area contributed by atoms with Gasteiger partial charge < -0.3 is 29.7 Å². The smallest absolute Gasteiger partial charge is 0.378 e. The molecule has 14 heteroatoms. The second-order valence-corrected chi connectivity index (χ2v) is 10.1. The van der Waals surface area contributed by atoms with Gasteiger partial charge in [0.25, 0.3) is 11.5 Å². The quantitative estimate of drug-likeness (QED) is 0.447. The number of alkyl halides is 3. The summed E-state index contributed by atoms with van der Waals surface area (Å²) in [5, 5.41) is 2.64. The summed E-state index contributed by atoms with van der Waals surface area (Å²) in [6.45, 7) is 6.13. The molecule has 3 aromatic rings. The van der Waals surface area contributed by atoms with E-state index in [1.807, 2.05) is 28.8 Å². The summed E-state index contributed by atoms with van der Waals surface area (Å²) >= 11 is 0. The maximum Gasteiger partial charge on any atom is 0.421 e. The molecule has 10 nitrogen and oxygen atoms in total. The predicted molar refractivity (Wildman–Crippen MR) is 145 cm³/mol. The zero-order valence-electron chi connectivity index (χ0n) is 22.5. The number of anilines is 3. The first-order chi connectivity index (χ1) is 19.5. The van der Waals surface area contributed by atoms with E-state index in [0.29, 0.717) is 69.2 Å². The van der Waals surface area contributed by atoms with E-state index in [4.69, 9.17) is 4.74 Å². The van der Waals surface area contributed by atoms with Gasteiger partial charge in [-0.15, -0.1) is 0 Å². The average Bonchev–Trinajstić information content (AvgIpc) is 2.95. The highest BCUT2D eigenvalue weighted by Gasteiger charge is 2.35. The van der Waals surface area contributed by atoms with E-state index in [2.05, 4.69) is 20.2 Å². The van der Waals surface area contributed by atoms with Crippen LogP contribution in [0.1, 0.15) is 22.8 Å². The molecular weight excluding hydrogens is 546 g/mol. The van der Waals surface area contributed by atoms with E-state index in [0.717, 1.165) is 6.20 Å². The number of nitrogens with zero attached hydrogens (tertiary/aromatic N) is 5. The predicted octanol–water partition coefficient (Wildman–Crippen LogP) is 3.22. The van der Waals surface area contributed by atoms with Gasteiger partial charge in [-0.05, 0) is 32.2 Å². The fraction of sp³-hybridized carbons (Fsp3) is 0.407. The molecule has 2 saturated heterocycles. The van der Waals surface area contributed by atoms with E-state index < -0.39 is 34.6 Å². The molecule has 0 radical (unpaired) electrons. The van der Waals surface area contributed by atoms with Gasteiger partial charge in [0.15, 0.2) is 0 Å². The summed E-state index contributed by atoms with van der Waals surface area (Å²) in [4.78, 5) is 41.6. The molecule has 0 spiro atoms. The number of carbonyl (C=O) groups excluding carboxylic acids is 1. The first-order valence-corrected chi connectivity index (χ1v) is 13.1. The van der Waals surface area contributed by atoms with Crippen LogP contribution < -0.4 is 20.7 Å². The van der Waals surface area contributed by atoms with E-state index in [9.17, 15) is 22.8 Å². The van der Waals surface area contributed by atoms with Crippen molar-refractivity contribution >= 4 is 23.2 Å². The number of ether oxygens (including phenoxy) is 1. The molecule has 1 aromatic carbocycles. The van der Waals surface area contributed by atoms with Crippen molar-refractivity contribution in [3.8, 4) is 11.1 Å². The van der Waals surface area contributed by atoms with Gasteiger partial charge in [-0.25, -0.2) is 14.4 Å². The Balaban J connectivity index is 1.51. The fourth-order valence-corrected chi connectivity index (χ4v) is 4.82. The van der Waals surface area contributed by atoms with Crippen molar-refractivity contribution in [1.29, 1.82) is 0 Å². The molecule has 1 amide bonds. The summed E-state index contributed by atoms with van der Waals surface area (Å²) in [7, 11) is 1.98. The zero-order chi connectivity index (χ0) is 29.3. The molecule has 41 heavy (non-hydrogen) atoms. The van der Waals surface area contributed by atoms with Crippen LogP contribution >= 0.6 is 0 Å². The number of hydrogen-bond acceptors (Lipinski definition) is 8. The van der Waals surface area contributed by atoms with Crippen molar-refractivity contribution in [2.45, 2.75) is 19.1 Å². The van der Waals surface area contributed by atoms with E-state index in [1.165, 1.54) is 24.5 Å². The standard InChI is InChI=1S/C27H29F4N7O3/c1-16-15-38(4-3-36(16)2)23-11-21(28)19(18-13-33-26(34-14-18)37-5-7-41-8-6-37)10-22(23)35-24(39)17-9-20(27(29,30)31)25(40)32-12-17/h9-14,16H,3-8,15H2,1-2H3,(H,32,40)(H,35,39)/t16-/m0/s1. The Bertz CT molecular complexity index is 1470. The third-order valence-electron chi connectivity index (χ3n) is 7.35. The monoisotopic (exact) mass is 575 g/mol. The minimum absolute atomic E-state index is 0.109. The van der Waals surface area contributed by atoms with Crippen LogP contribution in [0.15, 0.2) is 41.6 Å². The number of nitrogens with one attached hydrogen (secondary N) is 2. The topological polar surface area (TPSA) is 107 Å². The van der Waals surface area contributed by atoms with Crippen LogP contribution in [0, 0.1) is 5.82 Å². The molecule has 2 aliphatic rings. The van der Waals surface area contributed by atoms with Crippen molar-refractivity contribution in [2.75, 3.05) is 68.1 Å². The number of halogens is 4. The van der Waals surface area contributed by atoms with Gasteiger partial charge in [0.2, 0.25) is 5.95 Å². The Labute approximate surface area is 233 Å². The highest BCUT2D eigenvalue weighted by atomic mass is 19.4. The molecule has 0 aliphatic carbocycles. The number of pyridine rings is 1. The number of H-pyrrole nitrogens is 1. The molecule has 2 N–H and O–H groups in total. The first-order valence-electron chi connectivity index (χ1n) is 13.1. The van der Waals surface area contributed by atoms with Crippen molar-refractivity contribution in [3.63, 3.8) is 0 Å².